The minimum absolute atomic E-state index is 0.285. The van der Waals surface area contributed by atoms with Crippen molar-refractivity contribution in [3.63, 3.8) is 0 Å². The van der Waals surface area contributed by atoms with Crippen molar-refractivity contribution < 1.29 is 5.11 Å². The molecule has 4 nitrogen and oxygen atoms in total. The number of fused-ring (bicyclic) bond motifs is 1. The molecule has 0 unspecified atom stereocenters. The normalized spacial score (nSPS) is 16.8. The van der Waals surface area contributed by atoms with Gasteiger partial charge in [0.15, 0.2) is 0 Å². The van der Waals surface area contributed by atoms with Crippen molar-refractivity contribution in [3.8, 4) is 0 Å². The third kappa shape index (κ3) is 2.76. The summed E-state index contributed by atoms with van der Waals surface area (Å²) in [5.74, 6) is 0. The van der Waals surface area contributed by atoms with Gasteiger partial charge in [0.1, 0.15) is 0 Å². The van der Waals surface area contributed by atoms with Crippen molar-refractivity contribution in [1.82, 2.24) is 9.88 Å². The number of piperazine rings is 1. The highest BCUT2D eigenvalue weighted by atomic mass is 16.3. The largest absolute Gasteiger partial charge is 0.396 e. The lowest BCUT2D eigenvalue weighted by Crippen LogP contribution is -2.46. The maximum atomic E-state index is 8.90. The Bertz CT molecular complexity index is 559. The zero-order valence-corrected chi connectivity index (χ0v) is 11.7. The van der Waals surface area contributed by atoms with Crippen LogP contribution in [0.1, 0.15) is 6.42 Å². The maximum Gasteiger partial charge on any atom is 0.0935 e. The van der Waals surface area contributed by atoms with Gasteiger partial charge in [0.2, 0.25) is 0 Å². The van der Waals surface area contributed by atoms with Gasteiger partial charge in [-0.15, -0.1) is 0 Å². The first kappa shape index (κ1) is 13.3. The van der Waals surface area contributed by atoms with E-state index < -0.39 is 0 Å². The van der Waals surface area contributed by atoms with Crippen LogP contribution < -0.4 is 4.90 Å². The quantitative estimate of drug-likeness (QED) is 0.919. The van der Waals surface area contributed by atoms with Crippen molar-refractivity contribution in [2.45, 2.75) is 6.42 Å². The van der Waals surface area contributed by atoms with Crippen LogP contribution in [0.2, 0.25) is 0 Å². The molecule has 0 saturated carbocycles. The van der Waals surface area contributed by atoms with E-state index in [4.69, 9.17) is 5.11 Å². The predicted molar refractivity (Wildman–Crippen MR) is 82.1 cm³/mol. The van der Waals surface area contributed by atoms with Gasteiger partial charge in [0.25, 0.3) is 0 Å². The van der Waals surface area contributed by atoms with E-state index >= 15 is 0 Å². The SMILES string of the molecule is OCCCN1CCN(c2cccc3cccnc23)CC1. The molecule has 0 spiro atoms. The molecule has 2 aromatic rings. The lowest BCUT2D eigenvalue weighted by molar-refractivity contribution is 0.216. The van der Waals surface area contributed by atoms with E-state index in [9.17, 15) is 0 Å². The fraction of sp³-hybridized carbons (Fsp3) is 0.438. The summed E-state index contributed by atoms with van der Waals surface area (Å²) in [5.41, 5.74) is 2.34. The molecule has 106 valence electrons. The molecule has 0 radical (unpaired) electrons. The van der Waals surface area contributed by atoms with Gasteiger partial charge in [-0.3, -0.25) is 9.88 Å². The molecule has 2 heterocycles. The number of hydrogen-bond donors (Lipinski definition) is 1. The molecule has 0 bridgehead atoms. The first-order valence-electron chi connectivity index (χ1n) is 7.30. The summed E-state index contributed by atoms with van der Waals surface area (Å²) in [6, 6.07) is 10.5. The van der Waals surface area contributed by atoms with E-state index in [2.05, 4.69) is 39.0 Å². The second-order valence-corrected chi connectivity index (χ2v) is 5.26. The molecule has 1 fully saturated rings. The number of rotatable bonds is 4. The van der Waals surface area contributed by atoms with E-state index in [1.807, 2.05) is 12.3 Å². The minimum Gasteiger partial charge on any atom is -0.396 e. The number of aromatic nitrogens is 1. The van der Waals surface area contributed by atoms with Crippen LogP contribution in [0.25, 0.3) is 10.9 Å². The monoisotopic (exact) mass is 271 g/mol. The molecule has 0 aliphatic carbocycles. The molecule has 1 aromatic heterocycles. The first-order chi connectivity index (χ1) is 9.88. The highest BCUT2D eigenvalue weighted by Crippen LogP contribution is 2.25. The number of anilines is 1. The van der Waals surface area contributed by atoms with Crippen molar-refractivity contribution in [1.29, 1.82) is 0 Å². The summed E-state index contributed by atoms with van der Waals surface area (Å²) in [6.45, 7) is 5.46. The van der Waals surface area contributed by atoms with Gasteiger partial charge in [0, 0.05) is 50.9 Å². The molecule has 1 aromatic carbocycles. The fourth-order valence-electron chi connectivity index (χ4n) is 2.85. The van der Waals surface area contributed by atoms with Gasteiger partial charge in [-0.05, 0) is 18.6 Å². The van der Waals surface area contributed by atoms with Gasteiger partial charge >= 0.3 is 0 Å². The Balaban J connectivity index is 1.74. The summed E-state index contributed by atoms with van der Waals surface area (Å²) >= 11 is 0. The first-order valence-corrected chi connectivity index (χ1v) is 7.30. The Kier molecular flexibility index (Phi) is 4.14. The van der Waals surface area contributed by atoms with Crippen LogP contribution in [-0.4, -0.2) is 54.3 Å². The number of para-hydroxylation sites is 1. The maximum absolute atomic E-state index is 8.90. The van der Waals surface area contributed by atoms with Crippen molar-refractivity contribution >= 4 is 16.6 Å². The van der Waals surface area contributed by atoms with Crippen LogP contribution >= 0.6 is 0 Å². The Labute approximate surface area is 119 Å². The molecule has 0 amide bonds. The predicted octanol–water partition coefficient (Wildman–Crippen LogP) is 1.74. The Morgan fingerprint density at radius 3 is 2.65 bits per heavy atom. The Morgan fingerprint density at radius 1 is 1.05 bits per heavy atom. The molecule has 3 rings (SSSR count). The highest BCUT2D eigenvalue weighted by molar-refractivity contribution is 5.90. The third-order valence-corrected chi connectivity index (χ3v) is 3.96. The van der Waals surface area contributed by atoms with Gasteiger partial charge < -0.3 is 10.0 Å². The van der Waals surface area contributed by atoms with Crippen LogP contribution in [0.4, 0.5) is 5.69 Å². The number of benzene rings is 1. The smallest absolute Gasteiger partial charge is 0.0935 e. The number of aliphatic hydroxyl groups excluding tert-OH is 1. The Morgan fingerprint density at radius 2 is 1.85 bits per heavy atom. The molecule has 1 N–H and O–H groups in total. The van der Waals surface area contributed by atoms with Crippen LogP contribution in [-0.2, 0) is 0 Å². The van der Waals surface area contributed by atoms with Crippen LogP contribution in [0.3, 0.4) is 0 Å². The third-order valence-electron chi connectivity index (χ3n) is 3.96. The molecule has 1 saturated heterocycles. The topological polar surface area (TPSA) is 39.6 Å². The van der Waals surface area contributed by atoms with E-state index in [1.165, 1.54) is 11.1 Å². The number of aliphatic hydroxyl groups is 1. The van der Waals surface area contributed by atoms with Crippen LogP contribution in [0, 0.1) is 0 Å². The molecule has 1 aliphatic heterocycles. The van der Waals surface area contributed by atoms with E-state index in [0.717, 1.165) is 44.7 Å². The molecule has 20 heavy (non-hydrogen) atoms. The second-order valence-electron chi connectivity index (χ2n) is 5.26. The summed E-state index contributed by atoms with van der Waals surface area (Å²) < 4.78 is 0. The summed E-state index contributed by atoms with van der Waals surface area (Å²) in [5, 5.41) is 10.1. The standard InChI is InChI=1S/C16H21N3O/c20-13-3-8-18-9-11-19(12-10-18)15-6-1-4-14-5-2-7-17-16(14)15/h1-2,4-7,20H,3,8-13H2. The Hall–Kier alpha value is -1.65. The number of nitrogens with zero attached hydrogens (tertiary/aromatic N) is 3. The average Bonchev–Trinajstić information content (AvgIpc) is 2.53. The minimum atomic E-state index is 0.285. The van der Waals surface area contributed by atoms with Gasteiger partial charge in [-0.25, -0.2) is 0 Å². The van der Waals surface area contributed by atoms with Gasteiger partial charge in [-0.1, -0.05) is 18.2 Å². The summed E-state index contributed by atoms with van der Waals surface area (Å²) in [7, 11) is 0. The fourth-order valence-corrected chi connectivity index (χ4v) is 2.85. The van der Waals surface area contributed by atoms with Crippen molar-refractivity contribution in [2.75, 3.05) is 44.2 Å². The lowest BCUT2D eigenvalue weighted by Gasteiger charge is -2.36. The van der Waals surface area contributed by atoms with E-state index in [0.29, 0.717) is 0 Å². The summed E-state index contributed by atoms with van der Waals surface area (Å²) in [4.78, 5) is 9.38. The van der Waals surface area contributed by atoms with E-state index in [1.54, 1.807) is 0 Å². The molecule has 0 atom stereocenters. The summed E-state index contributed by atoms with van der Waals surface area (Å²) in [6.07, 6.45) is 2.74. The average molecular weight is 271 g/mol. The highest BCUT2D eigenvalue weighted by Gasteiger charge is 2.18. The van der Waals surface area contributed by atoms with Crippen molar-refractivity contribution in [3.05, 3.63) is 36.5 Å². The second kappa shape index (κ2) is 6.20. The van der Waals surface area contributed by atoms with Gasteiger partial charge in [-0.2, -0.15) is 0 Å². The zero-order valence-electron chi connectivity index (χ0n) is 11.7. The lowest BCUT2D eigenvalue weighted by atomic mass is 10.1. The molecular weight excluding hydrogens is 250 g/mol. The zero-order chi connectivity index (χ0) is 13.8. The number of pyridine rings is 1. The van der Waals surface area contributed by atoms with E-state index in [-0.39, 0.29) is 6.61 Å². The molecule has 4 heteroatoms. The molecule has 1 aliphatic rings. The van der Waals surface area contributed by atoms with Crippen LogP contribution in [0.5, 0.6) is 0 Å². The molecular formula is C16H21N3O. The number of hydrogen-bond acceptors (Lipinski definition) is 4. The van der Waals surface area contributed by atoms with Gasteiger partial charge in [0.05, 0.1) is 11.2 Å². The van der Waals surface area contributed by atoms with Crippen LogP contribution in [0.15, 0.2) is 36.5 Å². The van der Waals surface area contributed by atoms with Crippen molar-refractivity contribution in [2.24, 2.45) is 0 Å².